The van der Waals surface area contributed by atoms with E-state index in [1.165, 1.54) is 0 Å². The Morgan fingerprint density at radius 3 is 2.44 bits per heavy atom. The second-order valence-corrected chi connectivity index (χ2v) is 5.98. The highest BCUT2D eigenvalue weighted by molar-refractivity contribution is 5.07. The molecule has 0 unspecified atom stereocenters. The normalized spacial score (nSPS) is 11.9. The lowest BCUT2D eigenvalue weighted by Crippen LogP contribution is -2.35. The van der Waals surface area contributed by atoms with Gasteiger partial charge in [0.2, 0.25) is 5.88 Å². The summed E-state index contributed by atoms with van der Waals surface area (Å²) in [7, 11) is 0. The Bertz CT molecular complexity index is 341. The molecular formula is C14H25N3O. The standard InChI is InChI=1S/C14H25N3O/c1-11(2)6-7-18-13-10-15-12(8-16-13)9-17-14(3,4)5/h8,10-11,17H,6-7,9H2,1-5H3. The van der Waals surface area contributed by atoms with Gasteiger partial charge in [-0.1, -0.05) is 13.8 Å². The van der Waals surface area contributed by atoms with Crippen LogP contribution in [0.5, 0.6) is 5.88 Å². The summed E-state index contributed by atoms with van der Waals surface area (Å²) >= 11 is 0. The topological polar surface area (TPSA) is 47.0 Å². The third kappa shape index (κ3) is 6.55. The molecule has 0 aromatic carbocycles. The molecule has 1 aromatic heterocycles. The van der Waals surface area contributed by atoms with Gasteiger partial charge in [0.1, 0.15) is 0 Å². The Morgan fingerprint density at radius 1 is 1.22 bits per heavy atom. The zero-order valence-corrected chi connectivity index (χ0v) is 12.2. The molecule has 0 saturated heterocycles. The summed E-state index contributed by atoms with van der Waals surface area (Å²) in [5.41, 5.74) is 1.02. The summed E-state index contributed by atoms with van der Waals surface area (Å²) in [5, 5.41) is 3.37. The molecule has 1 rings (SSSR count). The summed E-state index contributed by atoms with van der Waals surface area (Å²) in [6.07, 6.45) is 4.50. The van der Waals surface area contributed by atoms with Gasteiger partial charge < -0.3 is 10.1 Å². The van der Waals surface area contributed by atoms with Crippen LogP contribution in [-0.4, -0.2) is 22.1 Å². The molecule has 0 atom stereocenters. The van der Waals surface area contributed by atoms with E-state index in [0.717, 1.165) is 18.7 Å². The molecule has 0 aliphatic carbocycles. The molecular weight excluding hydrogens is 226 g/mol. The zero-order chi connectivity index (χ0) is 13.6. The molecule has 1 aromatic rings. The minimum atomic E-state index is 0.0914. The Labute approximate surface area is 110 Å². The van der Waals surface area contributed by atoms with Crippen LogP contribution in [0.4, 0.5) is 0 Å². The fourth-order valence-corrected chi connectivity index (χ4v) is 1.26. The lowest BCUT2D eigenvalue weighted by Gasteiger charge is -2.19. The van der Waals surface area contributed by atoms with Crippen molar-refractivity contribution < 1.29 is 4.74 Å². The molecule has 1 N–H and O–H groups in total. The van der Waals surface area contributed by atoms with Crippen molar-refractivity contribution in [1.29, 1.82) is 0 Å². The molecule has 1 heterocycles. The van der Waals surface area contributed by atoms with Crippen molar-refractivity contribution in [2.45, 2.75) is 53.1 Å². The first kappa shape index (κ1) is 14.9. The number of rotatable bonds is 6. The minimum Gasteiger partial charge on any atom is -0.477 e. The molecule has 4 heteroatoms. The van der Waals surface area contributed by atoms with Crippen LogP contribution in [-0.2, 0) is 6.54 Å². The largest absolute Gasteiger partial charge is 0.477 e. The van der Waals surface area contributed by atoms with Crippen LogP contribution >= 0.6 is 0 Å². The number of hydrogen-bond acceptors (Lipinski definition) is 4. The number of ether oxygens (including phenoxy) is 1. The average Bonchev–Trinajstić information content (AvgIpc) is 2.26. The van der Waals surface area contributed by atoms with E-state index in [0.29, 0.717) is 18.4 Å². The maximum absolute atomic E-state index is 5.52. The highest BCUT2D eigenvalue weighted by Crippen LogP contribution is 2.07. The Morgan fingerprint density at radius 2 is 1.94 bits per heavy atom. The molecule has 0 aliphatic rings. The maximum Gasteiger partial charge on any atom is 0.232 e. The molecule has 0 spiro atoms. The first-order valence-electron chi connectivity index (χ1n) is 6.55. The first-order valence-corrected chi connectivity index (χ1v) is 6.55. The van der Waals surface area contributed by atoms with Crippen LogP contribution in [0, 0.1) is 5.92 Å². The van der Waals surface area contributed by atoms with Crippen molar-refractivity contribution in [2.75, 3.05) is 6.61 Å². The first-order chi connectivity index (χ1) is 8.37. The third-order valence-corrected chi connectivity index (χ3v) is 2.43. The SMILES string of the molecule is CC(C)CCOc1cnc(CNC(C)(C)C)cn1. The Kier molecular flexibility index (Phi) is 5.54. The van der Waals surface area contributed by atoms with Crippen LogP contribution in [0.15, 0.2) is 12.4 Å². The summed E-state index contributed by atoms with van der Waals surface area (Å²) < 4.78 is 5.52. The van der Waals surface area contributed by atoms with Gasteiger partial charge in [-0.15, -0.1) is 0 Å². The van der Waals surface area contributed by atoms with Gasteiger partial charge in [0.05, 0.1) is 24.7 Å². The smallest absolute Gasteiger partial charge is 0.232 e. The van der Waals surface area contributed by atoms with Gasteiger partial charge in [0.15, 0.2) is 0 Å². The van der Waals surface area contributed by atoms with E-state index in [1.54, 1.807) is 12.4 Å². The highest BCUT2D eigenvalue weighted by atomic mass is 16.5. The van der Waals surface area contributed by atoms with Crippen LogP contribution in [0.1, 0.15) is 46.7 Å². The quantitative estimate of drug-likeness (QED) is 0.844. The van der Waals surface area contributed by atoms with E-state index in [1.807, 2.05) is 0 Å². The molecule has 18 heavy (non-hydrogen) atoms. The lowest BCUT2D eigenvalue weighted by molar-refractivity contribution is 0.278. The number of hydrogen-bond donors (Lipinski definition) is 1. The van der Waals surface area contributed by atoms with E-state index >= 15 is 0 Å². The van der Waals surface area contributed by atoms with E-state index in [2.05, 4.69) is 49.9 Å². The van der Waals surface area contributed by atoms with Gasteiger partial charge in [0, 0.05) is 12.1 Å². The van der Waals surface area contributed by atoms with Crippen molar-refractivity contribution >= 4 is 0 Å². The number of aromatic nitrogens is 2. The van der Waals surface area contributed by atoms with Gasteiger partial charge in [0.25, 0.3) is 0 Å². The summed E-state index contributed by atoms with van der Waals surface area (Å²) in [5.74, 6) is 1.25. The fraction of sp³-hybridized carbons (Fsp3) is 0.714. The van der Waals surface area contributed by atoms with Crippen molar-refractivity contribution in [3.05, 3.63) is 18.1 Å². The van der Waals surface area contributed by atoms with Gasteiger partial charge in [-0.05, 0) is 33.1 Å². The monoisotopic (exact) mass is 251 g/mol. The summed E-state index contributed by atoms with van der Waals surface area (Å²) in [6.45, 7) is 12.2. The predicted molar refractivity (Wildman–Crippen MR) is 73.6 cm³/mol. The zero-order valence-electron chi connectivity index (χ0n) is 12.2. The van der Waals surface area contributed by atoms with E-state index in [-0.39, 0.29) is 5.54 Å². The summed E-state index contributed by atoms with van der Waals surface area (Å²) in [6, 6.07) is 0. The van der Waals surface area contributed by atoms with Crippen LogP contribution in [0.3, 0.4) is 0 Å². The van der Waals surface area contributed by atoms with Gasteiger partial charge >= 0.3 is 0 Å². The van der Waals surface area contributed by atoms with Gasteiger partial charge in [-0.2, -0.15) is 0 Å². The highest BCUT2D eigenvalue weighted by Gasteiger charge is 2.09. The van der Waals surface area contributed by atoms with Crippen LogP contribution < -0.4 is 10.1 Å². The average molecular weight is 251 g/mol. The van der Waals surface area contributed by atoms with Crippen molar-refractivity contribution in [1.82, 2.24) is 15.3 Å². The molecule has 0 fully saturated rings. The molecule has 4 nitrogen and oxygen atoms in total. The number of nitrogens with zero attached hydrogens (tertiary/aromatic N) is 2. The molecule has 0 saturated carbocycles. The van der Waals surface area contributed by atoms with E-state index in [4.69, 9.17) is 4.74 Å². The Hall–Kier alpha value is -1.16. The molecule has 0 aliphatic heterocycles. The molecule has 102 valence electrons. The van der Waals surface area contributed by atoms with Gasteiger partial charge in [-0.25, -0.2) is 4.98 Å². The van der Waals surface area contributed by atoms with E-state index in [9.17, 15) is 0 Å². The molecule has 0 bridgehead atoms. The van der Waals surface area contributed by atoms with Crippen molar-refractivity contribution in [3.63, 3.8) is 0 Å². The van der Waals surface area contributed by atoms with Crippen LogP contribution in [0.2, 0.25) is 0 Å². The van der Waals surface area contributed by atoms with Crippen LogP contribution in [0.25, 0.3) is 0 Å². The van der Waals surface area contributed by atoms with Gasteiger partial charge in [-0.3, -0.25) is 4.98 Å². The second-order valence-electron chi connectivity index (χ2n) is 5.98. The molecule has 0 amide bonds. The Balaban J connectivity index is 2.38. The van der Waals surface area contributed by atoms with Crippen molar-refractivity contribution in [2.24, 2.45) is 5.92 Å². The second kappa shape index (κ2) is 6.69. The lowest BCUT2D eigenvalue weighted by atomic mass is 10.1. The third-order valence-electron chi connectivity index (χ3n) is 2.43. The number of nitrogens with one attached hydrogen (secondary N) is 1. The van der Waals surface area contributed by atoms with E-state index < -0.39 is 0 Å². The maximum atomic E-state index is 5.52. The van der Waals surface area contributed by atoms with Crippen molar-refractivity contribution in [3.8, 4) is 5.88 Å². The fourth-order valence-electron chi connectivity index (χ4n) is 1.26. The minimum absolute atomic E-state index is 0.0914. The molecule has 0 radical (unpaired) electrons. The summed E-state index contributed by atoms with van der Waals surface area (Å²) in [4.78, 5) is 8.58. The predicted octanol–water partition coefficient (Wildman–Crippen LogP) is 2.79.